The summed E-state index contributed by atoms with van der Waals surface area (Å²) in [5, 5.41) is 8.32. The number of hydrogen-bond acceptors (Lipinski definition) is 4. The fraction of sp³-hybridized carbons (Fsp3) is 0.529. The molecule has 0 saturated heterocycles. The van der Waals surface area contributed by atoms with Crippen molar-refractivity contribution in [3.8, 4) is 0 Å². The molecule has 0 radical (unpaired) electrons. The minimum atomic E-state index is -1.20. The minimum Gasteiger partial charge on any atom is -0.465 e. The van der Waals surface area contributed by atoms with Crippen LogP contribution in [0.25, 0.3) is 0 Å². The van der Waals surface area contributed by atoms with Crippen molar-refractivity contribution in [2.45, 2.75) is 44.9 Å². The van der Waals surface area contributed by atoms with Crippen LogP contribution in [0, 0.1) is 0 Å². The number of rotatable bonds is 10. The molecule has 0 unspecified atom stereocenters. The molecule has 0 atom stereocenters. The molecule has 1 N–H and O–H groups in total. The smallest absolute Gasteiger partial charge is 0.465 e. The largest absolute Gasteiger partial charge is 0.505 e. The Labute approximate surface area is 131 Å². The van der Waals surface area contributed by atoms with Gasteiger partial charge in [0.15, 0.2) is 0 Å². The normalized spacial score (nSPS) is 10.2. The number of unbranched alkanes of at least 4 members (excludes halogenated alkanes) is 5. The maximum atomic E-state index is 11.6. The van der Waals surface area contributed by atoms with Crippen molar-refractivity contribution in [3.63, 3.8) is 0 Å². The van der Waals surface area contributed by atoms with Crippen LogP contribution in [0.1, 0.15) is 54.4 Å². The zero-order chi connectivity index (χ0) is 16.2. The highest BCUT2D eigenvalue weighted by atomic mass is 16.7. The Hall–Kier alpha value is -2.04. The molecule has 5 heteroatoms. The highest BCUT2D eigenvalue weighted by Crippen LogP contribution is 2.15. The Kier molecular flexibility index (Phi) is 8.72. The van der Waals surface area contributed by atoms with Gasteiger partial charge in [0.05, 0.1) is 19.3 Å². The molecule has 0 aliphatic carbocycles. The molecule has 1 aromatic carbocycles. The molecule has 0 spiro atoms. The lowest BCUT2D eigenvalue weighted by atomic mass is 10.0. The summed E-state index contributed by atoms with van der Waals surface area (Å²) in [6.07, 6.45) is 5.71. The number of carboxylic acid groups (broad SMARTS) is 1. The lowest BCUT2D eigenvalue weighted by Gasteiger charge is -2.07. The van der Waals surface area contributed by atoms with Gasteiger partial charge in [-0.2, -0.15) is 0 Å². The summed E-state index contributed by atoms with van der Waals surface area (Å²) in [4.78, 5) is 21.8. The predicted molar refractivity (Wildman–Crippen MR) is 83.2 cm³/mol. The summed E-state index contributed by atoms with van der Waals surface area (Å²) in [7, 11) is 1.40. The van der Waals surface area contributed by atoms with Crippen molar-refractivity contribution in [3.05, 3.63) is 35.4 Å². The molecule has 0 bridgehead atoms. The topological polar surface area (TPSA) is 72.8 Å². The quantitative estimate of drug-likeness (QED) is 0.521. The Balaban J connectivity index is 2.15. The predicted octanol–water partition coefficient (Wildman–Crippen LogP) is 4.05. The summed E-state index contributed by atoms with van der Waals surface area (Å²) in [6.45, 7) is 0.280. The Bertz CT molecular complexity index is 470. The number of benzene rings is 1. The van der Waals surface area contributed by atoms with Crippen molar-refractivity contribution in [1.29, 1.82) is 0 Å². The standard InChI is InChI=1S/C17H24O5/c1-21-16(18)15-12-8-7-11-14(15)10-6-4-2-3-5-9-13-22-17(19)20/h7-8,11-12H,2-6,9-10,13H2,1H3,(H,19,20). The second-order valence-electron chi connectivity index (χ2n) is 5.13. The van der Waals surface area contributed by atoms with E-state index in [2.05, 4.69) is 4.74 Å². The summed E-state index contributed by atoms with van der Waals surface area (Å²) < 4.78 is 9.23. The highest BCUT2D eigenvalue weighted by Gasteiger charge is 2.10. The van der Waals surface area contributed by atoms with Crippen molar-refractivity contribution in [1.82, 2.24) is 0 Å². The summed E-state index contributed by atoms with van der Waals surface area (Å²) in [5.41, 5.74) is 1.68. The second kappa shape index (κ2) is 10.7. The third-order valence-electron chi connectivity index (χ3n) is 3.49. The molecule has 1 aromatic rings. The maximum absolute atomic E-state index is 11.6. The van der Waals surface area contributed by atoms with Crippen LogP contribution in [0.3, 0.4) is 0 Å². The van der Waals surface area contributed by atoms with Crippen molar-refractivity contribution in [2.75, 3.05) is 13.7 Å². The van der Waals surface area contributed by atoms with E-state index in [1.165, 1.54) is 7.11 Å². The van der Waals surface area contributed by atoms with E-state index in [4.69, 9.17) is 9.84 Å². The van der Waals surface area contributed by atoms with Gasteiger partial charge in [-0.3, -0.25) is 0 Å². The van der Waals surface area contributed by atoms with Crippen LogP contribution in [-0.4, -0.2) is 30.9 Å². The monoisotopic (exact) mass is 308 g/mol. The van der Waals surface area contributed by atoms with Gasteiger partial charge >= 0.3 is 12.1 Å². The van der Waals surface area contributed by atoms with E-state index in [9.17, 15) is 9.59 Å². The molecule has 0 heterocycles. The number of aryl methyl sites for hydroxylation is 1. The Morgan fingerprint density at radius 1 is 1.00 bits per heavy atom. The second-order valence-corrected chi connectivity index (χ2v) is 5.13. The van der Waals surface area contributed by atoms with Crippen LogP contribution in [0.5, 0.6) is 0 Å². The van der Waals surface area contributed by atoms with Gasteiger partial charge in [-0.25, -0.2) is 9.59 Å². The van der Waals surface area contributed by atoms with Gasteiger partial charge in [0, 0.05) is 0 Å². The molecule has 0 aliphatic heterocycles. The van der Waals surface area contributed by atoms with E-state index < -0.39 is 6.16 Å². The summed E-state index contributed by atoms with van der Waals surface area (Å²) >= 11 is 0. The summed E-state index contributed by atoms with van der Waals surface area (Å²) in [5.74, 6) is -0.283. The lowest BCUT2D eigenvalue weighted by molar-refractivity contribution is 0.0599. The van der Waals surface area contributed by atoms with E-state index in [1.807, 2.05) is 18.2 Å². The molecule has 122 valence electrons. The van der Waals surface area contributed by atoms with E-state index in [0.29, 0.717) is 5.56 Å². The Morgan fingerprint density at radius 2 is 1.64 bits per heavy atom. The Morgan fingerprint density at radius 3 is 2.32 bits per heavy atom. The maximum Gasteiger partial charge on any atom is 0.505 e. The molecule has 0 aliphatic rings. The molecule has 0 saturated carbocycles. The van der Waals surface area contributed by atoms with E-state index in [0.717, 1.165) is 50.5 Å². The molecular weight excluding hydrogens is 284 g/mol. The number of carbonyl (C=O) groups is 2. The van der Waals surface area contributed by atoms with Crippen LogP contribution in [0.4, 0.5) is 4.79 Å². The first-order chi connectivity index (χ1) is 10.6. The van der Waals surface area contributed by atoms with Gasteiger partial charge in [0.25, 0.3) is 0 Å². The molecule has 22 heavy (non-hydrogen) atoms. The van der Waals surface area contributed by atoms with Crippen molar-refractivity contribution in [2.24, 2.45) is 0 Å². The van der Waals surface area contributed by atoms with E-state index >= 15 is 0 Å². The van der Waals surface area contributed by atoms with E-state index in [-0.39, 0.29) is 12.6 Å². The molecule has 0 aromatic heterocycles. The molecule has 1 rings (SSSR count). The van der Waals surface area contributed by atoms with Crippen LogP contribution < -0.4 is 0 Å². The summed E-state index contributed by atoms with van der Waals surface area (Å²) in [6, 6.07) is 7.54. The van der Waals surface area contributed by atoms with Gasteiger partial charge in [0.2, 0.25) is 0 Å². The lowest BCUT2D eigenvalue weighted by Crippen LogP contribution is -2.05. The van der Waals surface area contributed by atoms with Gasteiger partial charge in [-0.1, -0.05) is 43.9 Å². The fourth-order valence-electron chi connectivity index (χ4n) is 2.33. The van der Waals surface area contributed by atoms with Gasteiger partial charge < -0.3 is 14.6 Å². The van der Waals surface area contributed by atoms with Gasteiger partial charge in [-0.15, -0.1) is 0 Å². The number of carbonyl (C=O) groups excluding carboxylic acids is 1. The highest BCUT2D eigenvalue weighted by molar-refractivity contribution is 5.90. The third-order valence-corrected chi connectivity index (χ3v) is 3.49. The first-order valence-electron chi connectivity index (χ1n) is 7.67. The SMILES string of the molecule is COC(=O)c1ccccc1CCCCCCCCOC(=O)O. The minimum absolute atomic E-state index is 0.280. The van der Waals surface area contributed by atoms with Crippen molar-refractivity contribution >= 4 is 12.1 Å². The zero-order valence-electron chi connectivity index (χ0n) is 13.0. The zero-order valence-corrected chi connectivity index (χ0v) is 13.0. The fourth-order valence-corrected chi connectivity index (χ4v) is 2.33. The first-order valence-corrected chi connectivity index (χ1v) is 7.67. The molecule has 0 fully saturated rings. The number of methoxy groups -OCH3 is 1. The third kappa shape index (κ3) is 7.11. The molecule has 5 nitrogen and oxygen atoms in total. The van der Waals surface area contributed by atoms with E-state index in [1.54, 1.807) is 6.07 Å². The first kappa shape index (κ1) is 18.0. The average molecular weight is 308 g/mol. The van der Waals surface area contributed by atoms with Crippen LogP contribution in [-0.2, 0) is 15.9 Å². The number of ether oxygens (including phenoxy) is 2. The van der Waals surface area contributed by atoms with Gasteiger partial charge in [-0.05, 0) is 30.9 Å². The molecular formula is C17H24O5. The van der Waals surface area contributed by atoms with Crippen LogP contribution >= 0.6 is 0 Å². The van der Waals surface area contributed by atoms with Gasteiger partial charge in [0.1, 0.15) is 0 Å². The molecule has 0 amide bonds. The number of hydrogen-bond donors (Lipinski definition) is 1. The van der Waals surface area contributed by atoms with Crippen molar-refractivity contribution < 1.29 is 24.2 Å². The van der Waals surface area contributed by atoms with Crippen LogP contribution in [0.15, 0.2) is 24.3 Å². The number of esters is 1. The van der Waals surface area contributed by atoms with Crippen LogP contribution in [0.2, 0.25) is 0 Å². The average Bonchev–Trinajstić information content (AvgIpc) is 2.52.